The van der Waals surface area contributed by atoms with E-state index in [4.69, 9.17) is 17.3 Å². The summed E-state index contributed by atoms with van der Waals surface area (Å²) < 4.78 is 29.2. The van der Waals surface area contributed by atoms with Crippen molar-refractivity contribution in [3.63, 3.8) is 0 Å². The van der Waals surface area contributed by atoms with Gasteiger partial charge in [0.05, 0.1) is 11.1 Å². The molecule has 0 saturated heterocycles. The molecule has 3 N–H and O–H groups in total. The Morgan fingerprint density at radius 1 is 1.07 bits per heavy atom. The minimum Gasteiger partial charge on any atom is -0.383 e. The number of hydrogen-bond donors (Lipinski definition) is 2. The monoisotopic (exact) mass is 413 g/mol. The van der Waals surface area contributed by atoms with Crippen LogP contribution in [0.2, 0.25) is 5.02 Å². The van der Waals surface area contributed by atoms with Crippen molar-refractivity contribution in [1.82, 2.24) is 14.6 Å². The number of aryl methyl sites for hydroxylation is 1. The van der Waals surface area contributed by atoms with E-state index in [0.717, 1.165) is 16.7 Å². The van der Waals surface area contributed by atoms with Crippen LogP contribution in [0.15, 0.2) is 65.8 Å². The third kappa shape index (κ3) is 3.28. The molecule has 0 saturated carbocycles. The first-order chi connectivity index (χ1) is 13.3. The normalized spacial score (nSPS) is 11.6. The molecule has 0 aliphatic heterocycles. The molecule has 2 aromatic carbocycles. The third-order valence-corrected chi connectivity index (χ3v) is 5.99. The Morgan fingerprint density at radius 2 is 1.82 bits per heavy atom. The minimum atomic E-state index is -3.71. The molecule has 0 aliphatic rings. The lowest BCUT2D eigenvalue weighted by molar-refractivity contribution is 0.601. The van der Waals surface area contributed by atoms with Crippen molar-refractivity contribution in [2.24, 2.45) is 0 Å². The van der Waals surface area contributed by atoms with Crippen molar-refractivity contribution < 1.29 is 8.42 Å². The fourth-order valence-electron chi connectivity index (χ4n) is 2.96. The van der Waals surface area contributed by atoms with Crippen LogP contribution in [0.1, 0.15) is 5.56 Å². The zero-order valence-corrected chi connectivity index (χ0v) is 16.4. The van der Waals surface area contributed by atoms with Crippen LogP contribution in [-0.2, 0) is 10.0 Å². The van der Waals surface area contributed by atoms with Gasteiger partial charge >= 0.3 is 0 Å². The van der Waals surface area contributed by atoms with Gasteiger partial charge in [-0.2, -0.15) is 9.61 Å². The number of nitrogens with zero attached hydrogens (tertiary/aromatic N) is 3. The summed E-state index contributed by atoms with van der Waals surface area (Å²) in [6.45, 7) is 1.88. The molecule has 0 unspecified atom stereocenters. The van der Waals surface area contributed by atoms with E-state index in [0.29, 0.717) is 22.2 Å². The molecule has 0 radical (unpaired) electrons. The lowest BCUT2D eigenvalue weighted by atomic mass is 10.0. The number of halogens is 1. The molecule has 7 nitrogen and oxygen atoms in total. The molecule has 0 spiro atoms. The molecule has 9 heteroatoms. The number of nitrogens with one attached hydrogen (secondary N) is 1. The zero-order chi connectivity index (χ0) is 19.9. The summed E-state index contributed by atoms with van der Waals surface area (Å²) in [5, 5.41) is 4.64. The van der Waals surface area contributed by atoms with Crippen LogP contribution in [-0.4, -0.2) is 23.0 Å². The van der Waals surface area contributed by atoms with E-state index in [1.165, 1.54) is 24.3 Å². The third-order valence-electron chi connectivity index (χ3n) is 4.35. The first kappa shape index (κ1) is 18.3. The maximum atomic E-state index is 12.6. The first-order valence-electron chi connectivity index (χ1n) is 8.33. The van der Waals surface area contributed by atoms with Gasteiger partial charge in [-0.05, 0) is 54.4 Å². The lowest BCUT2D eigenvalue weighted by Gasteiger charge is -2.13. The maximum absolute atomic E-state index is 12.6. The average molecular weight is 414 g/mol. The number of benzene rings is 2. The highest BCUT2D eigenvalue weighted by Gasteiger charge is 2.16. The van der Waals surface area contributed by atoms with Crippen molar-refractivity contribution in [2.75, 3.05) is 10.5 Å². The molecule has 0 bridgehead atoms. The van der Waals surface area contributed by atoms with E-state index in [-0.39, 0.29) is 4.90 Å². The molecule has 4 aromatic rings. The zero-order valence-electron chi connectivity index (χ0n) is 14.8. The summed E-state index contributed by atoms with van der Waals surface area (Å²) in [6, 6.07) is 13.0. The molecule has 0 atom stereocenters. The summed E-state index contributed by atoms with van der Waals surface area (Å²) in [5.41, 5.74) is 9.75. The quantitative estimate of drug-likeness (QED) is 0.530. The Kier molecular flexibility index (Phi) is 4.44. The summed E-state index contributed by atoms with van der Waals surface area (Å²) in [7, 11) is -3.71. The first-order valence-corrected chi connectivity index (χ1v) is 10.2. The largest absolute Gasteiger partial charge is 0.383 e. The fourth-order valence-corrected chi connectivity index (χ4v) is 4.13. The van der Waals surface area contributed by atoms with Crippen LogP contribution in [0.5, 0.6) is 0 Å². The van der Waals surface area contributed by atoms with Gasteiger partial charge in [0.1, 0.15) is 5.82 Å². The Labute approximate surface area is 166 Å². The molecule has 2 aromatic heterocycles. The van der Waals surface area contributed by atoms with Crippen molar-refractivity contribution in [3.8, 4) is 11.1 Å². The maximum Gasteiger partial charge on any atom is 0.261 e. The number of fused-ring (bicyclic) bond motifs is 1. The highest BCUT2D eigenvalue weighted by Crippen LogP contribution is 2.30. The summed E-state index contributed by atoms with van der Waals surface area (Å²) in [6.07, 6.45) is 3.32. The molecule has 0 amide bonds. The summed E-state index contributed by atoms with van der Waals surface area (Å²) in [4.78, 5) is 4.48. The highest BCUT2D eigenvalue weighted by atomic mass is 35.5. The van der Waals surface area contributed by atoms with Crippen LogP contribution < -0.4 is 10.5 Å². The van der Waals surface area contributed by atoms with Crippen LogP contribution in [0.4, 0.5) is 11.5 Å². The molecular formula is C19H16ClN5O2S. The molecular weight excluding hydrogens is 398 g/mol. The number of hydrogen-bond acceptors (Lipinski definition) is 5. The lowest BCUT2D eigenvalue weighted by Crippen LogP contribution is -2.13. The predicted octanol–water partition coefficient (Wildman–Crippen LogP) is 3.74. The van der Waals surface area contributed by atoms with Crippen LogP contribution in [0, 0.1) is 6.92 Å². The topological polar surface area (TPSA) is 102 Å². The van der Waals surface area contributed by atoms with Gasteiger partial charge in [0, 0.05) is 28.5 Å². The number of nitrogens with two attached hydrogens (primary N) is 1. The number of sulfonamides is 1. The SMILES string of the molecule is Cc1cc(NS(=O)(=O)c2ccc(Cl)cc2)ccc1-c1cnc2ccnn2c1N. The number of nitrogen functional groups attached to an aromatic ring is 1. The highest BCUT2D eigenvalue weighted by molar-refractivity contribution is 7.92. The number of rotatable bonds is 4. The Balaban J connectivity index is 1.68. The van der Waals surface area contributed by atoms with E-state index in [1.54, 1.807) is 41.2 Å². The van der Waals surface area contributed by atoms with Gasteiger partial charge in [-0.3, -0.25) is 4.72 Å². The van der Waals surface area contributed by atoms with E-state index in [2.05, 4.69) is 14.8 Å². The standard InChI is InChI=1S/C19H16ClN5O2S/c1-12-10-14(24-28(26,27)15-5-2-13(20)3-6-15)4-7-16(12)17-11-22-18-8-9-23-25(18)19(17)21/h2-11,24H,21H2,1H3. The van der Waals surface area contributed by atoms with Crippen molar-refractivity contribution >= 4 is 38.8 Å². The van der Waals surface area contributed by atoms with Gasteiger partial charge in [-0.15, -0.1) is 0 Å². The van der Waals surface area contributed by atoms with Crippen LogP contribution in [0.25, 0.3) is 16.8 Å². The Morgan fingerprint density at radius 3 is 2.54 bits per heavy atom. The van der Waals surface area contributed by atoms with Gasteiger partial charge in [0.2, 0.25) is 0 Å². The van der Waals surface area contributed by atoms with Crippen LogP contribution in [0.3, 0.4) is 0 Å². The molecule has 28 heavy (non-hydrogen) atoms. The second-order valence-corrected chi connectivity index (χ2v) is 8.37. The van der Waals surface area contributed by atoms with Gasteiger partial charge in [0.25, 0.3) is 10.0 Å². The van der Waals surface area contributed by atoms with Crippen molar-refractivity contribution in [3.05, 3.63) is 71.5 Å². The van der Waals surface area contributed by atoms with Gasteiger partial charge in [-0.1, -0.05) is 17.7 Å². The minimum absolute atomic E-state index is 0.135. The Bertz CT molecular complexity index is 1280. The number of anilines is 2. The van der Waals surface area contributed by atoms with Crippen molar-refractivity contribution in [2.45, 2.75) is 11.8 Å². The van der Waals surface area contributed by atoms with E-state index >= 15 is 0 Å². The van der Waals surface area contributed by atoms with Crippen molar-refractivity contribution in [1.29, 1.82) is 0 Å². The fraction of sp³-hybridized carbons (Fsp3) is 0.0526. The average Bonchev–Trinajstić information content (AvgIpc) is 3.13. The smallest absolute Gasteiger partial charge is 0.261 e. The second-order valence-electron chi connectivity index (χ2n) is 6.25. The van der Waals surface area contributed by atoms with E-state index in [1.807, 2.05) is 6.92 Å². The second kappa shape index (κ2) is 6.81. The molecule has 4 rings (SSSR count). The number of aromatic nitrogens is 3. The summed E-state index contributed by atoms with van der Waals surface area (Å²) >= 11 is 5.82. The molecule has 142 valence electrons. The van der Waals surface area contributed by atoms with Gasteiger partial charge in [0.15, 0.2) is 5.65 Å². The van der Waals surface area contributed by atoms with E-state index < -0.39 is 10.0 Å². The molecule has 2 heterocycles. The summed E-state index contributed by atoms with van der Waals surface area (Å²) in [5.74, 6) is 0.465. The van der Waals surface area contributed by atoms with Gasteiger partial charge < -0.3 is 5.73 Å². The Hall–Kier alpha value is -3.10. The van der Waals surface area contributed by atoms with E-state index in [9.17, 15) is 8.42 Å². The molecule has 0 fully saturated rings. The predicted molar refractivity (Wildman–Crippen MR) is 110 cm³/mol. The molecule has 0 aliphatic carbocycles. The van der Waals surface area contributed by atoms with Gasteiger partial charge in [-0.25, -0.2) is 13.4 Å². The van der Waals surface area contributed by atoms with Crippen LogP contribution >= 0.6 is 11.6 Å².